The SMILES string of the molecule is c1ccc(-c2ccc(-c3c4ccccc4c(-c4cccc5oc6ccccc6c45)c4ccccc34)c3c2oc2ccccc23)cc1. The molecular formula is C44H26O2. The van der Waals surface area contributed by atoms with Gasteiger partial charge in [0.1, 0.15) is 22.3 Å². The largest absolute Gasteiger partial charge is 0.456 e. The van der Waals surface area contributed by atoms with Crippen molar-refractivity contribution < 1.29 is 8.83 Å². The molecule has 0 radical (unpaired) electrons. The minimum absolute atomic E-state index is 0.894. The summed E-state index contributed by atoms with van der Waals surface area (Å²) in [6, 6.07) is 55.9. The lowest BCUT2D eigenvalue weighted by Gasteiger charge is -2.19. The van der Waals surface area contributed by atoms with Crippen molar-refractivity contribution in [3.8, 4) is 33.4 Å². The maximum absolute atomic E-state index is 6.69. The van der Waals surface area contributed by atoms with Gasteiger partial charge >= 0.3 is 0 Å². The Morgan fingerprint density at radius 1 is 0.283 bits per heavy atom. The summed E-state index contributed by atoms with van der Waals surface area (Å²) in [4.78, 5) is 0. The van der Waals surface area contributed by atoms with Gasteiger partial charge in [-0.3, -0.25) is 0 Å². The van der Waals surface area contributed by atoms with E-state index < -0.39 is 0 Å². The Morgan fingerprint density at radius 2 is 0.739 bits per heavy atom. The molecule has 0 saturated heterocycles. The van der Waals surface area contributed by atoms with Gasteiger partial charge in [-0.2, -0.15) is 0 Å². The summed E-state index contributed by atoms with van der Waals surface area (Å²) >= 11 is 0. The van der Waals surface area contributed by atoms with Gasteiger partial charge in [-0.1, -0.05) is 133 Å². The number of para-hydroxylation sites is 2. The molecule has 0 aliphatic rings. The molecule has 2 heterocycles. The number of hydrogen-bond donors (Lipinski definition) is 0. The quantitative estimate of drug-likeness (QED) is 0.193. The van der Waals surface area contributed by atoms with Crippen molar-refractivity contribution in [3.05, 3.63) is 158 Å². The van der Waals surface area contributed by atoms with Crippen LogP contribution in [0.3, 0.4) is 0 Å². The molecule has 8 aromatic carbocycles. The van der Waals surface area contributed by atoms with Crippen LogP contribution < -0.4 is 0 Å². The van der Waals surface area contributed by atoms with Crippen LogP contribution in [0, 0.1) is 0 Å². The highest BCUT2D eigenvalue weighted by Crippen LogP contribution is 2.50. The Balaban J connectivity index is 1.37. The minimum Gasteiger partial charge on any atom is -0.456 e. The Labute approximate surface area is 264 Å². The lowest BCUT2D eigenvalue weighted by molar-refractivity contribution is 0.669. The molecule has 0 unspecified atom stereocenters. The van der Waals surface area contributed by atoms with Crippen molar-refractivity contribution in [3.63, 3.8) is 0 Å². The first-order chi connectivity index (χ1) is 22.8. The number of furan rings is 2. The average Bonchev–Trinajstić information content (AvgIpc) is 3.70. The monoisotopic (exact) mass is 586 g/mol. The third-order valence-corrected chi connectivity index (χ3v) is 9.48. The van der Waals surface area contributed by atoms with E-state index in [-0.39, 0.29) is 0 Å². The van der Waals surface area contributed by atoms with Gasteiger partial charge in [-0.05, 0) is 73.6 Å². The first-order valence-electron chi connectivity index (χ1n) is 15.7. The molecule has 0 aliphatic carbocycles. The second kappa shape index (κ2) is 9.69. The van der Waals surface area contributed by atoms with E-state index >= 15 is 0 Å². The predicted molar refractivity (Wildman–Crippen MR) is 192 cm³/mol. The van der Waals surface area contributed by atoms with Crippen molar-refractivity contribution >= 4 is 65.4 Å². The first kappa shape index (κ1) is 25.2. The van der Waals surface area contributed by atoms with Gasteiger partial charge in [0.05, 0.1) is 0 Å². The molecule has 0 bridgehead atoms. The fourth-order valence-electron chi connectivity index (χ4n) is 7.57. The lowest BCUT2D eigenvalue weighted by atomic mass is 9.83. The number of benzene rings is 8. The highest BCUT2D eigenvalue weighted by atomic mass is 16.3. The van der Waals surface area contributed by atoms with E-state index in [2.05, 4.69) is 146 Å². The van der Waals surface area contributed by atoms with Crippen LogP contribution in [-0.2, 0) is 0 Å². The molecule has 214 valence electrons. The van der Waals surface area contributed by atoms with Gasteiger partial charge < -0.3 is 8.83 Å². The van der Waals surface area contributed by atoms with Crippen LogP contribution in [0.2, 0.25) is 0 Å². The van der Waals surface area contributed by atoms with Gasteiger partial charge in [0.15, 0.2) is 0 Å². The van der Waals surface area contributed by atoms with E-state index in [1.54, 1.807) is 0 Å². The van der Waals surface area contributed by atoms with Crippen LogP contribution in [0.4, 0.5) is 0 Å². The standard InChI is InChI=1S/C44H26O2/c1-2-13-27(14-3-1)28-25-26-36(43-34-20-9-11-23-38(34)46-44(28)43)41-31-17-6-4-15-29(31)40(30-16-5-7-18-32(30)41)35-21-12-24-39-42(35)33-19-8-10-22-37(33)45-39/h1-26H. The smallest absolute Gasteiger partial charge is 0.143 e. The normalized spacial score (nSPS) is 11.9. The zero-order valence-corrected chi connectivity index (χ0v) is 24.8. The van der Waals surface area contributed by atoms with Crippen molar-refractivity contribution in [2.75, 3.05) is 0 Å². The second-order valence-electron chi connectivity index (χ2n) is 11.9. The molecule has 0 aliphatic heterocycles. The molecule has 0 saturated carbocycles. The van der Waals surface area contributed by atoms with Crippen molar-refractivity contribution in [2.45, 2.75) is 0 Å². The van der Waals surface area contributed by atoms with E-state index in [9.17, 15) is 0 Å². The van der Waals surface area contributed by atoms with E-state index in [0.29, 0.717) is 0 Å². The minimum atomic E-state index is 0.894. The van der Waals surface area contributed by atoms with Crippen molar-refractivity contribution in [1.82, 2.24) is 0 Å². The van der Waals surface area contributed by atoms with E-state index in [4.69, 9.17) is 8.83 Å². The van der Waals surface area contributed by atoms with Crippen molar-refractivity contribution in [1.29, 1.82) is 0 Å². The fraction of sp³-hybridized carbons (Fsp3) is 0. The van der Waals surface area contributed by atoms with Crippen LogP contribution in [0.1, 0.15) is 0 Å². The summed E-state index contributed by atoms with van der Waals surface area (Å²) in [5, 5.41) is 9.38. The summed E-state index contributed by atoms with van der Waals surface area (Å²) in [6.07, 6.45) is 0. The summed E-state index contributed by atoms with van der Waals surface area (Å²) in [7, 11) is 0. The summed E-state index contributed by atoms with van der Waals surface area (Å²) < 4.78 is 13.0. The van der Waals surface area contributed by atoms with Crippen LogP contribution in [0.25, 0.3) is 98.8 Å². The molecule has 0 N–H and O–H groups in total. The molecule has 0 spiro atoms. The molecular weight excluding hydrogens is 560 g/mol. The Kier molecular flexibility index (Phi) is 5.31. The van der Waals surface area contributed by atoms with Gasteiger partial charge in [0.2, 0.25) is 0 Å². The van der Waals surface area contributed by atoms with Crippen LogP contribution in [0.5, 0.6) is 0 Å². The molecule has 2 heteroatoms. The highest BCUT2D eigenvalue weighted by Gasteiger charge is 2.23. The Morgan fingerprint density at radius 3 is 1.37 bits per heavy atom. The third-order valence-electron chi connectivity index (χ3n) is 9.48. The molecule has 0 amide bonds. The number of hydrogen-bond acceptors (Lipinski definition) is 2. The molecule has 10 aromatic rings. The average molecular weight is 587 g/mol. The Bertz CT molecular complexity index is 2740. The molecule has 0 fully saturated rings. The Hall–Kier alpha value is -6.12. The second-order valence-corrected chi connectivity index (χ2v) is 11.9. The van der Waals surface area contributed by atoms with Gasteiger partial charge in [-0.25, -0.2) is 0 Å². The molecule has 46 heavy (non-hydrogen) atoms. The first-order valence-corrected chi connectivity index (χ1v) is 15.7. The number of fused-ring (bicyclic) bond motifs is 8. The molecule has 10 rings (SSSR count). The van der Waals surface area contributed by atoms with Crippen LogP contribution in [-0.4, -0.2) is 0 Å². The highest BCUT2D eigenvalue weighted by molar-refractivity contribution is 6.28. The summed E-state index contributed by atoms with van der Waals surface area (Å²) in [5.41, 5.74) is 10.6. The van der Waals surface area contributed by atoms with Crippen LogP contribution >= 0.6 is 0 Å². The zero-order chi connectivity index (χ0) is 30.2. The maximum Gasteiger partial charge on any atom is 0.143 e. The van der Waals surface area contributed by atoms with Gasteiger partial charge in [-0.15, -0.1) is 0 Å². The van der Waals surface area contributed by atoms with Crippen LogP contribution in [0.15, 0.2) is 167 Å². The van der Waals surface area contributed by atoms with Gasteiger partial charge in [0, 0.05) is 27.1 Å². The molecule has 2 aromatic heterocycles. The zero-order valence-electron chi connectivity index (χ0n) is 24.8. The third kappa shape index (κ3) is 3.53. The topological polar surface area (TPSA) is 26.3 Å². The predicted octanol–water partition coefficient (Wildman–Crippen LogP) is 12.8. The van der Waals surface area contributed by atoms with E-state index in [0.717, 1.165) is 55.0 Å². The van der Waals surface area contributed by atoms with Gasteiger partial charge in [0.25, 0.3) is 0 Å². The molecule has 2 nitrogen and oxygen atoms in total. The van der Waals surface area contributed by atoms with E-state index in [1.807, 2.05) is 12.1 Å². The fourth-order valence-corrected chi connectivity index (χ4v) is 7.57. The summed E-state index contributed by atoms with van der Waals surface area (Å²) in [5.74, 6) is 0. The lowest BCUT2D eigenvalue weighted by Crippen LogP contribution is -1.92. The molecule has 0 atom stereocenters. The van der Waals surface area contributed by atoms with Crippen molar-refractivity contribution in [2.24, 2.45) is 0 Å². The maximum atomic E-state index is 6.69. The van der Waals surface area contributed by atoms with E-state index in [1.165, 1.54) is 43.8 Å². The number of rotatable bonds is 3. The summed E-state index contributed by atoms with van der Waals surface area (Å²) in [6.45, 7) is 0.